The molecular formula is C24H33ClFN5O3S2. The zero-order chi connectivity index (χ0) is 24.6. The van der Waals surface area contributed by atoms with Crippen molar-refractivity contribution in [1.29, 1.82) is 0 Å². The van der Waals surface area contributed by atoms with Gasteiger partial charge in [-0.15, -0.1) is 0 Å². The van der Waals surface area contributed by atoms with Crippen LogP contribution in [0.15, 0.2) is 18.5 Å². The lowest BCUT2D eigenvalue weighted by atomic mass is 9.95. The Morgan fingerprint density at radius 2 is 2.11 bits per heavy atom. The van der Waals surface area contributed by atoms with Gasteiger partial charge in [-0.1, -0.05) is 18.5 Å². The molecule has 0 radical (unpaired) electrons. The molecule has 0 saturated carbocycles. The first-order chi connectivity index (χ1) is 16.2. The van der Waals surface area contributed by atoms with Gasteiger partial charge in [-0.3, -0.25) is 9.20 Å². The van der Waals surface area contributed by atoms with Gasteiger partial charge in [0.05, 0.1) is 23.4 Å². The number of halogens is 2. The van der Waals surface area contributed by atoms with Gasteiger partial charge in [-0.25, -0.2) is 14.4 Å². The molecule has 3 heterocycles. The summed E-state index contributed by atoms with van der Waals surface area (Å²) in [7, 11) is 0. The van der Waals surface area contributed by atoms with Crippen LogP contribution < -0.4 is 15.8 Å². The number of benzene rings is 1. The minimum Gasteiger partial charge on any atom is -0.490 e. The second-order valence-corrected chi connectivity index (χ2v) is 9.29. The van der Waals surface area contributed by atoms with Crippen molar-refractivity contribution >= 4 is 55.8 Å². The number of amides is 1. The lowest BCUT2D eigenvalue weighted by Crippen LogP contribution is -2.31. The standard InChI is InChI=1S/C24H29ClFN5O3.2H2S/c1-12(2)34-21-16(13(3)23-30-14(4)20-22(27)28-6-7-31(20)23)9-17(25)19(26)18(21)24(32)29-10-15-5-8-33-11-15;;/h6-7,9,12-13,15H,5,8,10-11H2,1-4H3,(H2,27,28)(H,29,32);2*1H2/t13-,15-;;/m0../s1. The van der Waals surface area contributed by atoms with Gasteiger partial charge in [0.15, 0.2) is 5.82 Å². The number of aromatic nitrogens is 3. The summed E-state index contributed by atoms with van der Waals surface area (Å²) in [4.78, 5) is 22.0. The summed E-state index contributed by atoms with van der Waals surface area (Å²) in [5.74, 6) is -0.437. The maximum absolute atomic E-state index is 15.3. The average Bonchev–Trinajstić information content (AvgIpc) is 3.42. The number of hydrogen-bond acceptors (Lipinski definition) is 6. The van der Waals surface area contributed by atoms with E-state index in [0.717, 1.165) is 6.42 Å². The highest BCUT2D eigenvalue weighted by molar-refractivity contribution is 7.59. The number of hydrogen-bond donors (Lipinski definition) is 2. The van der Waals surface area contributed by atoms with Crippen LogP contribution in [0.5, 0.6) is 5.75 Å². The molecule has 1 amide bonds. The molecule has 2 aromatic heterocycles. The summed E-state index contributed by atoms with van der Waals surface area (Å²) < 4.78 is 28.5. The highest BCUT2D eigenvalue weighted by Crippen LogP contribution is 2.40. The van der Waals surface area contributed by atoms with Gasteiger partial charge in [-0.2, -0.15) is 27.0 Å². The Bertz CT molecular complexity index is 1230. The van der Waals surface area contributed by atoms with Gasteiger partial charge in [0, 0.05) is 42.9 Å². The number of carbonyl (C=O) groups is 1. The van der Waals surface area contributed by atoms with Crippen molar-refractivity contribution in [2.45, 2.75) is 46.1 Å². The number of ether oxygens (including phenoxy) is 2. The average molecular weight is 558 g/mol. The van der Waals surface area contributed by atoms with Crippen LogP contribution in [0.25, 0.3) is 5.52 Å². The summed E-state index contributed by atoms with van der Waals surface area (Å²) in [5, 5.41) is 2.67. The van der Waals surface area contributed by atoms with Crippen LogP contribution >= 0.6 is 38.6 Å². The highest BCUT2D eigenvalue weighted by Gasteiger charge is 2.30. The molecule has 0 unspecified atom stereocenters. The number of nitrogen functional groups attached to an aromatic ring is 1. The molecule has 1 saturated heterocycles. The van der Waals surface area contributed by atoms with Crippen LogP contribution in [-0.4, -0.2) is 46.1 Å². The van der Waals surface area contributed by atoms with Crippen molar-refractivity contribution in [3.8, 4) is 5.75 Å². The Hall–Kier alpha value is -2.21. The second kappa shape index (κ2) is 12.4. The number of aryl methyl sites for hydroxylation is 1. The van der Waals surface area contributed by atoms with E-state index in [9.17, 15) is 4.79 Å². The van der Waals surface area contributed by atoms with E-state index in [1.54, 1.807) is 12.4 Å². The Kier molecular flexibility index (Phi) is 10.3. The molecule has 3 aromatic rings. The third-order valence-corrected chi connectivity index (χ3v) is 6.27. The van der Waals surface area contributed by atoms with Gasteiger partial charge in [0.2, 0.25) is 0 Å². The first-order valence-corrected chi connectivity index (χ1v) is 11.7. The number of nitrogens with one attached hydrogen (secondary N) is 1. The third kappa shape index (κ3) is 5.85. The Labute approximate surface area is 229 Å². The molecule has 1 aliphatic heterocycles. The molecule has 1 aliphatic rings. The van der Waals surface area contributed by atoms with Gasteiger partial charge in [0.25, 0.3) is 5.91 Å². The highest BCUT2D eigenvalue weighted by atomic mass is 35.5. The summed E-state index contributed by atoms with van der Waals surface area (Å²) in [6.07, 6.45) is 3.90. The Morgan fingerprint density at radius 3 is 2.75 bits per heavy atom. The molecule has 36 heavy (non-hydrogen) atoms. The van der Waals surface area contributed by atoms with E-state index < -0.39 is 17.6 Å². The summed E-state index contributed by atoms with van der Waals surface area (Å²) in [5.41, 5.74) is 7.82. The second-order valence-electron chi connectivity index (χ2n) is 8.88. The van der Waals surface area contributed by atoms with Crippen LogP contribution in [0.3, 0.4) is 0 Å². The first kappa shape index (κ1) is 30.0. The number of fused-ring (bicyclic) bond motifs is 1. The molecule has 198 valence electrons. The fourth-order valence-electron chi connectivity index (χ4n) is 4.30. The maximum atomic E-state index is 15.3. The Morgan fingerprint density at radius 1 is 1.39 bits per heavy atom. The van der Waals surface area contributed by atoms with Crippen molar-refractivity contribution in [1.82, 2.24) is 19.7 Å². The molecule has 3 N–H and O–H groups in total. The van der Waals surface area contributed by atoms with Gasteiger partial charge >= 0.3 is 0 Å². The van der Waals surface area contributed by atoms with Crippen molar-refractivity contribution in [2.24, 2.45) is 5.92 Å². The first-order valence-electron chi connectivity index (χ1n) is 11.3. The SMILES string of the molecule is Cc1nc([C@@H](C)c2cc(Cl)c(F)c(C(=O)NC[C@@H]3CCOC3)c2OC(C)C)n2ccnc(N)c12.S.S. The van der Waals surface area contributed by atoms with Gasteiger partial charge in [-0.05, 0) is 33.3 Å². The van der Waals surface area contributed by atoms with E-state index >= 15 is 4.39 Å². The smallest absolute Gasteiger partial charge is 0.258 e. The molecule has 2 atom stereocenters. The fraction of sp³-hybridized carbons (Fsp3) is 0.458. The van der Waals surface area contributed by atoms with Crippen molar-refractivity contribution in [3.05, 3.63) is 51.9 Å². The quantitative estimate of drug-likeness (QED) is 0.448. The van der Waals surface area contributed by atoms with Crippen LogP contribution in [0.1, 0.15) is 60.5 Å². The van der Waals surface area contributed by atoms with Gasteiger partial charge in [0.1, 0.15) is 28.5 Å². The zero-order valence-corrected chi connectivity index (χ0v) is 23.4. The number of imidazole rings is 1. The molecular weight excluding hydrogens is 525 g/mol. The van der Waals surface area contributed by atoms with E-state index in [4.69, 9.17) is 31.8 Å². The normalized spacial score (nSPS) is 15.9. The monoisotopic (exact) mass is 557 g/mol. The van der Waals surface area contributed by atoms with E-state index in [0.29, 0.717) is 48.2 Å². The van der Waals surface area contributed by atoms with E-state index in [-0.39, 0.29) is 55.3 Å². The molecule has 1 aromatic carbocycles. The molecule has 0 aliphatic carbocycles. The van der Waals surface area contributed by atoms with Gasteiger partial charge < -0.3 is 20.5 Å². The number of rotatable bonds is 7. The molecule has 8 nitrogen and oxygen atoms in total. The number of nitrogens with two attached hydrogens (primary N) is 1. The predicted molar refractivity (Wildman–Crippen MR) is 149 cm³/mol. The number of carbonyl (C=O) groups excluding carboxylic acids is 1. The van der Waals surface area contributed by atoms with Crippen molar-refractivity contribution in [2.75, 3.05) is 25.5 Å². The number of anilines is 1. The topological polar surface area (TPSA) is 104 Å². The van der Waals surface area contributed by atoms with Crippen molar-refractivity contribution < 1.29 is 18.7 Å². The molecule has 0 spiro atoms. The molecule has 1 fully saturated rings. The van der Waals surface area contributed by atoms with E-state index in [1.807, 2.05) is 32.1 Å². The third-order valence-electron chi connectivity index (χ3n) is 6.00. The van der Waals surface area contributed by atoms with Crippen LogP contribution in [0.2, 0.25) is 5.02 Å². The zero-order valence-electron chi connectivity index (χ0n) is 20.7. The van der Waals surface area contributed by atoms with E-state index in [2.05, 4.69) is 10.3 Å². The van der Waals surface area contributed by atoms with Crippen LogP contribution in [-0.2, 0) is 4.74 Å². The lowest BCUT2D eigenvalue weighted by Gasteiger charge is -2.23. The predicted octanol–water partition coefficient (Wildman–Crippen LogP) is 4.34. The fourth-order valence-corrected chi connectivity index (χ4v) is 4.51. The van der Waals surface area contributed by atoms with Crippen LogP contribution in [0, 0.1) is 18.7 Å². The summed E-state index contributed by atoms with van der Waals surface area (Å²) >= 11 is 6.29. The maximum Gasteiger partial charge on any atom is 0.258 e. The molecule has 4 rings (SSSR count). The summed E-state index contributed by atoms with van der Waals surface area (Å²) in [6.45, 7) is 9.00. The van der Waals surface area contributed by atoms with Crippen molar-refractivity contribution in [3.63, 3.8) is 0 Å². The molecule has 0 bridgehead atoms. The summed E-state index contributed by atoms with van der Waals surface area (Å²) in [6, 6.07) is 1.50. The number of nitrogens with zero attached hydrogens (tertiary/aromatic N) is 3. The largest absolute Gasteiger partial charge is 0.490 e. The minimum absolute atomic E-state index is 0. The molecule has 12 heteroatoms. The minimum atomic E-state index is -0.814. The lowest BCUT2D eigenvalue weighted by molar-refractivity contribution is 0.0934. The van der Waals surface area contributed by atoms with Crippen LogP contribution in [0.4, 0.5) is 10.2 Å². The van der Waals surface area contributed by atoms with E-state index in [1.165, 1.54) is 6.07 Å². The Balaban J connectivity index is 0.00000228.